The number of aromatic nitrogens is 2. The first kappa shape index (κ1) is 17.4. The Morgan fingerprint density at radius 3 is 2.48 bits per heavy atom. The minimum atomic E-state index is -3.67. The van der Waals surface area contributed by atoms with E-state index in [1.807, 2.05) is 19.4 Å². The van der Waals surface area contributed by atoms with Crippen LogP contribution in [0.2, 0.25) is 0 Å². The van der Waals surface area contributed by atoms with Crippen LogP contribution in [0.25, 0.3) is 0 Å². The highest BCUT2D eigenvalue weighted by Gasteiger charge is 2.26. The number of anilines is 1. The molecule has 2 aromatic rings. The molecule has 0 bridgehead atoms. The van der Waals surface area contributed by atoms with Gasteiger partial charge in [-0.3, -0.25) is 14.8 Å². The third kappa shape index (κ3) is 3.65. The Morgan fingerprint density at radius 1 is 1.28 bits per heavy atom. The molecule has 1 aliphatic rings. The number of aryl methyl sites for hydroxylation is 1. The van der Waals surface area contributed by atoms with Gasteiger partial charge in [-0.15, -0.1) is 0 Å². The van der Waals surface area contributed by atoms with Crippen molar-refractivity contribution in [2.75, 3.05) is 24.2 Å². The molecule has 8 nitrogen and oxygen atoms in total. The van der Waals surface area contributed by atoms with E-state index in [1.165, 1.54) is 17.7 Å². The lowest BCUT2D eigenvalue weighted by molar-refractivity contribution is -0.387. The number of hydrogen-bond acceptors (Lipinski definition) is 6. The summed E-state index contributed by atoms with van der Waals surface area (Å²) in [5, 5.41) is 15.3. The maximum atomic E-state index is 11.9. The van der Waals surface area contributed by atoms with E-state index < -0.39 is 14.8 Å². The van der Waals surface area contributed by atoms with Crippen molar-refractivity contribution in [3.63, 3.8) is 0 Å². The molecule has 25 heavy (non-hydrogen) atoms. The van der Waals surface area contributed by atoms with Crippen molar-refractivity contribution >= 4 is 21.2 Å². The van der Waals surface area contributed by atoms with Crippen LogP contribution in [0.3, 0.4) is 0 Å². The average Bonchev–Trinajstić information content (AvgIpc) is 3.00. The van der Waals surface area contributed by atoms with Crippen molar-refractivity contribution in [2.45, 2.75) is 23.7 Å². The highest BCUT2D eigenvalue weighted by molar-refractivity contribution is 7.90. The SMILES string of the molecule is Cn1cc(C2CCN(c3ccc([N+](=O)[O-])c(S(C)(=O)=O)c3)CC2)cn1. The van der Waals surface area contributed by atoms with Gasteiger partial charge in [0.25, 0.3) is 5.69 Å². The first-order valence-electron chi connectivity index (χ1n) is 7.97. The summed E-state index contributed by atoms with van der Waals surface area (Å²) < 4.78 is 25.6. The molecule has 1 aliphatic heterocycles. The third-order valence-corrected chi connectivity index (χ3v) is 5.72. The number of nitro groups is 1. The van der Waals surface area contributed by atoms with Crippen molar-refractivity contribution in [3.05, 3.63) is 46.3 Å². The number of benzene rings is 1. The summed E-state index contributed by atoms with van der Waals surface area (Å²) in [5.41, 5.74) is 1.54. The second kappa shape index (κ2) is 6.47. The predicted molar refractivity (Wildman–Crippen MR) is 93.6 cm³/mol. The minimum Gasteiger partial charge on any atom is -0.371 e. The molecule has 0 amide bonds. The molecule has 0 saturated carbocycles. The lowest BCUT2D eigenvalue weighted by Crippen LogP contribution is -2.32. The van der Waals surface area contributed by atoms with Crippen molar-refractivity contribution < 1.29 is 13.3 Å². The fraction of sp³-hybridized carbons (Fsp3) is 0.438. The molecule has 0 atom stereocenters. The molecule has 1 fully saturated rings. The predicted octanol–water partition coefficient (Wildman–Crippen LogP) is 2.12. The highest BCUT2D eigenvalue weighted by atomic mass is 32.2. The van der Waals surface area contributed by atoms with Crippen LogP contribution in [0, 0.1) is 10.1 Å². The summed E-state index contributed by atoms with van der Waals surface area (Å²) >= 11 is 0. The zero-order valence-corrected chi connectivity index (χ0v) is 14.9. The first-order chi connectivity index (χ1) is 11.8. The molecule has 134 valence electrons. The van der Waals surface area contributed by atoms with Crippen LogP contribution in [0.1, 0.15) is 24.3 Å². The van der Waals surface area contributed by atoms with E-state index in [0.29, 0.717) is 11.6 Å². The van der Waals surface area contributed by atoms with Crippen molar-refractivity contribution in [1.82, 2.24) is 9.78 Å². The Kier molecular flexibility index (Phi) is 4.51. The summed E-state index contributed by atoms with van der Waals surface area (Å²) in [6.07, 6.45) is 6.75. The smallest absolute Gasteiger partial charge is 0.288 e. The van der Waals surface area contributed by atoms with Crippen LogP contribution in [0.5, 0.6) is 0 Å². The third-order valence-electron chi connectivity index (χ3n) is 4.60. The normalized spacial score (nSPS) is 16.2. The number of rotatable bonds is 4. The van der Waals surface area contributed by atoms with E-state index in [2.05, 4.69) is 10.00 Å². The molecule has 1 aromatic heterocycles. The lowest BCUT2D eigenvalue weighted by Gasteiger charge is -2.33. The molecular formula is C16H20N4O4S. The summed E-state index contributed by atoms with van der Waals surface area (Å²) in [4.78, 5) is 12.3. The Labute approximate surface area is 146 Å². The fourth-order valence-corrected chi connectivity index (χ4v) is 4.13. The van der Waals surface area contributed by atoms with Crippen LogP contribution in [0.15, 0.2) is 35.5 Å². The fourth-order valence-electron chi connectivity index (χ4n) is 3.27. The maximum absolute atomic E-state index is 11.9. The summed E-state index contributed by atoms with van der Waals surface area (Å²) in [5.74, 6) is 0.428. The van der Waals surface area contributed by atoms with Gasteiger partial charge >= 0.3 is 0 Å². The molecule has 0 aliphatic carbocycles. The Morgan fingerprint density at radius 2 is 1.96 bits per heavy atom. The molecular weight excluding hydrogens is 344 g/mol. The van der Waals surface area contributed by atoms with E-state index in [4.69, 9.17) is 0 Å². The Balaban J connectivity index is 1.80. The number of hydrogen-bond donors (Lipinski definition) is 0. The molecule has 3 rings (SSSR count). The number of piperidine rings is 1. The van der Waals surface area contributed by atoms with E-state index in [0.717, 1.165) is 32.2 Å². The van der Waals surface area contributed by atoms with Gasteiger partial charge in [0.2, 0.25) is 0 Å². The van der Waals surface area contributed by atoms with Crippen LogP contribution >= 0.6 is 0 Å². The molecule has 9 heteroatoms. The Bertz CT molecular complexity index is 899. The summed E-state index contributed by atoms with van der Waals surface area (Å²) in [6, 6.07) is 4.31. The van der Waals surface area contributed by atoms with Gasteiger partial charge in [0.1, 0.15) is 4.90 Å². The van der Waals surface area contributed by atoms with E-state index in [1.54, 1.807) is 10.7 Å². The van der Waals surface area contributed by atoms with E-state index >= 15 is 0 Å². The minimum absolute atomic E-state index is 0.232. The van der Waals surface area contributed by atoms with E-state index in [-0.39, 0.29) is 10.6 Å². The standard InChI is InChI=1S/C16H20N4O4S/c1-18-11-13(10-17-18)12-5-7-19(8-6-12)14-3-4-15(20(21)22)16(9-14)25(2,23)24/h3-4,9-12H,5-8H2,1-2H3. The van der Waals surface area contributed by atoms with Gasteiger partial charge in [-0.1, -0.05) is 0 Å². The first-order valence-corrected chi connectivity index (χ1v) is 9.87. The summed E-state index contributed by atoms with van der Waals surface area (Å²) in [6.45, 7) is 1.53. The van der Waals surface area contributed by atoms with Gasteiger partial charge in [-0.2, -0.15) is 5.10 Å². The van der Waals surface area contributed by atoms with Gasteiger partial charge in [0, 0.05) is 44.3 Å². The van der Waals surface area contributed by atoms with Crippen LogP contribution in [0.4, 0.5) is 11.4 Å². The molecule has 0 N–H and O–H groups in total. The van der Waals surface area contributed by atoms with Crippen molar-refractivity contribution in [1.29, 1.82) is 0 Å². The van der Waals surface area contributed by atoms with Crippen LogP contribution in [-0.2, 0) is 16.9 Å². The monoisotopic (exact) mass is 364 g/mol. The second-order valence-corrected chi connectivity index (χ2v) is 8.37. The van der Waals surface area contributed by atoms with Crippen LogP contribution in [-0.4, -0.2) is 42.5 Å². The van der Waals surface area contributed by atoms with Gasteiger partial charge in [0.15, 0.2) is 9.84 Å². The quantitative estimate of drug-likeness (QED) is 0.609. The lowest BCUT2D eigenvalue weighted by atomic mass is 9.91. The second-order valence-electron chi connectivity index (χ2n) is 6.39. The zero-order chi connectivity index (χ0) is 18.2. The number of nitrogens with zero attached hydrogens (tertiary/aromatic N) is 4. The molecule has 1 saturated heterocycles. The van der Waals surface area contributed by atoms with Crippen LogP contribution < -0.4 is 4.90 Å². The van der Waals surface area contributed by atoms with Crippen molar-refractivity contribution in [2.24, 2.45) is 7.05 Å². The average molecular weight is 364 g/mol. The van der Waals surface area contributed by atoms with Gasteiger partial charge in [-0.25, -0.2) is 8.42 Å². The van der Waals surface area contributed by atoms with Gasteiger partial charge in [0.05, 0.1) is 11.1 Å². The topological polar surface area (TPSA) is 98.3 Å². The largest absolute Gasteiger partial charge is 0.371 e. The molecule has 1 aromatic carbocycles. The summed E-state index contributed by atoms with van der Waals surface area (Å²) in [7, 11) is -1.78. The maximum Gasteiger partial charge on any atom is 0.288 e. The van der Waals surface area contributed by atoms with E-state index in [9.17, 15) is 18.5 Å². The molecule has 0 radical (unpaired) electrons. The molecule has 2 heterocycles. The van der Waals surface area contributed by atoms with Crippen molar-refractivity contribution in [3.8, 4) is 0 Å². The number of nitro benzene ring substituents is 1. The zero-order valence-electron chi connectivity index (χ0n) is 14.1. The molecule has 0 unspecified atom stereocenters. The highest BCUT2D eigenvalue weighted by Crippen LogP contribution is 2.33. The number of sulfone groups is 1. The molecule has 0 spiro atoms. The van der Waals surface area contributed by atoms with Gasteiger partial charge in [-0.05, 0) is 36.5 Å². The Hall–Kier alpha value is -2.42. The van der Waals surface area contributed by atoms with Gasteiger partial charge < -0.3 is 4.90 Å².